The molecule has 0 atom stereocenters. The van der Waals surface area contributed by atoms with Crippen LogP contribution < -0.4 is 5.32 Å². The van der Waals surface area contributed by atoms with E-state index in [2.05, 4.69) is 15.4 Å². The molecule has 0 unspecified atom stereocenters. The molecule has 2 saturated carbocycles. The highest BCUT2D eigenvalue weighted by molar-refractivity contribution is 5.95. The number of amides is 1. The predicted octanol–water partition coefficient (Wildman–Crippen LogP) is 0.856. The standard InChI is InChI=1S/C14H14N4O3/c19-11(9-8-15-10-2-1-7-16-18(9)10)17-14-5-3-13(14,4-6-14)12(20)21/h1-2,7-8H,3-6H2,(H,17,19)(H,20,21). The lowest BCUT2D eigenvalue weighted by Gasteiger charge is -2.65. The van der Waals surface area contributed by atoms with E-state index in [1.807, 2.05) is 0 Å². The Bertz CT molecular complexity index is 758. The summed E-state index contributed by atoms with van der Waals surface area (Å²) in [6, 6.07) is 3.51. The highest BCUT2D eigenvalue weighted by Crippen LogP contribution is 2.64. The average molecular weight is 286 g/mol. The Morgan fingerprint density at radius 1 is 1.29 bits per heavy atom. The number of hydrogen-bond donors (Lipinski definition) is 2. The van der Waals surface area contributed by atoms with Crippen LogP contribution in [0.25, 0.3) is 5.65 Å². The topological polar surface area (TPSA) is 96.6 Å². The molecule has 4 rings (SSSR count). The van der Waals surface area contributed by atoms with Gasteiger partial charge in [0.05, 0.1) is 17.2 Å². The smallest absolute Gasteiger partial charge is 0.312 e. The molecule has 2 aliphatic carbocycles. The number of carbonyl (C=O) groups excluding carboxylic acids is 1. The van der Waals surface area contributed by atoms with Gasteiger partial charge in [0.15, 0.2) is 5.65 Å². The highest BCUT2D eigenvalue weighted by atomic mass is 16.4. The predicted molar refractivity (Wildman–Crippen MR) is 71.7 cm³/mol. The van der Waals surface area contributed by atoms with Gasteiger partial charge in [0.2, 0.25) is 0 Å². The van der Waals surface area contributed by atoms with Gasteiger partial charge in [-0.1, -0.05) is 0 Å². The van der Waals surface area contributed by atoms with E-state index in [9.17, 15) is 14.7 Å². The second-order valence-corrected chi connectivity index (χ2v) is 5.86. The number of aliphatic carboxylic acids is 1. The van der Waals surface area contributed by atoms with E-state index < -0.39 is 16.9 Å². The van der Waals surface area contributed by atoms with E-state index in [1.165, 1.54) is 10.7 Å². The zero-order chi connectivity index (χ0) is 14.7. The van der Waals surface area contributed by atoms with Crippen LogP contribution in [0.15, 0.2) is 24.5 Å². The normalized spacial score (nSPS) is 30.1. The molecule has 108 valence electrons. The van der Waals surface area contributed by atoms with Crippen molar-refractivity contribution in [2.75, 3.05) is 0 Å². The lowest BCUT2D eigenvalue weighted by molar-refractivity contribution is -0.186. The Labute approximate surface area is 120 Å². The minimum Gasteiger partial charge on any atom is -0.481 e. The molecule has 2 N–H and O–H groups in total. The number of aromatic nitrogens is 3. The van der Waals surface area contributed by atoms with Crippen molar-refractivity contribution in [3.63, 3.8) is 0 Å². The molecular weight excluding hydrogens is 272 g/mol. The first kappa shape index (κ1) is 12.3. The minimum absolute atomic E-state index is 0.314. The molecular formula is C14H14N4O3. The minimum atomic E-state index is -0.809. The third kappa shape index (κ3) is 1.38. The van der Waals surface area contributed by atoms with Crippen molar-refractivity contribution in [1.29, 1.82) is 0 Å². The molecule has 2 aliphatic rings. The van der Waals surface area contributed by atoms with Gasteiger partial charge in [-0.15, -0.1) is 0 Å². The zero-order valence-electron chi connectivity index (χ0n) is 11.2. The number of nitrogens with one attached hydrogen (secondary N) is 1. The SMILES string of the molecule is O=C(NC12CCC1(C(=O)O)CC2)c1cnc2cccnn12. The largest absolute Gasteiger partial charge is 0.481 e. The third-order valence-corrected chi connectivity index (χ3v) is 5.15. The summed E-state index contributed by atoms with van der Waals surface area (Å²) < 4.78 is 1.46. The van der Waals surface area contributed by atoms with Crippen molar-refractivity contribution in [1.82, 2.24) is 19.9 Å². The summed E-state index contributed by atoms with van der Waals surface area (Å²) in [5.74, 6) is -1.12. The molecule has 0 aromatic carbocycles. The van der Waals surface area contributed by atoms with Gasteiger partial charge in [-0.05, 0) is 37.8 Å². The van der Waals surface area contributed by atoms with Gasteiger partial charge in [0.1, 0.15) is 5.69 Å². The average Bonchev–Trinajstić information content (AvgIpc) is 2.89. The number of rotatable bonds is 3. The number of hydrogen-bond acceptors (Lipinski definition) is 4. The summed E-state index contributed by atoms with van der Waals surface area (Å²) in [4.78, 5) is 28.1. The molecule has 0 saturated heterocycles. The van der Waals surface area contributed by atoms with Gasteiger partial charge in [-0.25, -0.2) is 9.50 Å². The van der Waals surface area contributed by atoms with Crippen LogP contribution in [0.4, 0.5) is 0 Å². The summed E-state index contributed by atoms with van der Waals surface area (Å²) >= 11 is 0. The number of fused-ring (bicyclic) bond motifs is 2. The van der Waals surface area contributed by atoms with Crippen molar-refractivity contribution in [2.45, 2.75) is 31.2 Å². The Morgan fingerprint density at radius 3 is 2.67 bits per heavy atom. The molecule has 2 aromatic rings. The molecule has 0 aliphatic heterocycles. The zero-order valence-corrected chi connectivity index (χ0v) is 11.2. The van der Waals surface area contributed by atoms with E-state index in [1.54, 1.807) is 18.3 Å². The van der Waals surface area contributed by atoms with Crippen LogP contribution >= 0.6 is 0 Å². The molecule has 7 nitrogen and oxygen atoms in total. The number of nitrogens with zero attached hydrogens (tertiary/aromatic N) is 3. The fraction of sp³-hybridized carbons (Fsp3) is 0.429. The monoisotopic (exact) mass is 286 g/mol. The number of carboxylic acid groups (broad SMARTS) is 1. The fourth-order valence-electron chi connectivity index (χ4n) is 3.64. The molecule has 21 heavy (non-hydrogen) atoms. The first-order valence-electron chi connectivity index (χ1n) is 6.93. The molecule has 0 bridgehead atoms. The van der Waals surface area contributed by atoms with Gasteiger partial charge in [-0.2, -0.15) is 5.10 Å². The first-order chi connectivity index (χ1) is 10.1. The van der Waals surface area contributed by atoms with Crippen LogP contribution in [0.5, 0.6) is 0 Å². The van der Waals surface area contributed by atoms with Crippen molar-refractivity contribution >= 4 is 17.5 Å². The molecule has 7 heteroatoms. The summed E-state index contributed by atoms with van der Waals surface area (Å²) in [6.45, 7) is 0. The summed E-state index contributed by atoms with van der Waals surface area (Å²) in [5, 5.41) is 16.4. The molecule has 0 radical (unpaired) electrons. The van der Waals surface area contributed by atoms with Crippen molar-refractivity contribution in [3.8, 4) is 0 Å². The van der Waals surface area contributed by atoms with Crippen molar-refractivity contribution in [3.05, 3.63) is 30.2 Å². The number of imidazole rings is 1. The summed E-state index contributed by atoms with van der Waals surface area (Å²) in [5.41, 5.74) is -0.434. The lowest BCUT2D eigenvalue weighted by Crippen LogP contribution is -2.76. The number of carbonyl (C=O) groups is 2. The second-order valence-electron chi connectivity index (χ2n) is 5.86. The van der Waals surface area contributed by atoms with Crippen LogP contribution in [-0.4, -0.2) is 37.1 Å². The molecule has 2 fully saturated rings. The van der Waals surface area contributed by atoms with Crippen LogP contribution in [0.3, 0.4) is 0 Å². The van der Waals surface area contributed by atoms with Gasteiger partial charge < -0.3 is 10.4 Å². The van der Waals surface area contributed by atoms with Crippen molar-refractivity contribution < 1.29 is 14.7 Å². The van der Waals surface area contributed by atoms with Crippen LogP contribution in [0, 0.1) is 5.41 Å². The molecule has 0 spiro atoms. The maximum absolute atomic E-state index is 12.5. The van der Waals surface area contributed by atoms with Gasteiger partial charge >= 0.3 is 5.97 Å². The highest BCUT2D eigenvalue weighted by Gasteiger charge is 2.70. The molecule has 2 aromatic heterocycles. The van der Waals surface area contributed by atoms with E-state index in [0.717, 1.165) is 12.8 Å². The second kappa shape index (κ2) is 3.81. The Balaban J connectivity index is 1.64. The van der Waals surface area contributed by atoms with Gasteiger partial charge in [-0.3, -0.25) is 9.59 Å². The van der Waals surface area contributed by atoms with E-state index >= 15 is 0 Å². The Kier molecular flexibility index (Phi) is 2.23. The van der Waals surface area contributed by atoms with E-state index in [4.69, 9.17) is 0 Å². The quantitative estimate of drug-likeness (QED) is 0.872. The third-order valence-electron chi connectivity index (χ3n) is 5.15. The van der Waals surface area contributed by atoms with Crippen LogP contribution in [0.1, 0.15) is 36.2 Å². The fourth-order valence-corrected chi connectivity index (χ4v) is 3.64. The maximum atomic E-state index is 12.5. The van der Waals surface area contributed by atoms with Crippen molar-refractivity contribution in [2.24, 2.45) is 5.41 Å². The van der Waals surface area contributed by atoms with E-state index in [0.29, 0.717) is 24.2 Å². The van der Waals surface area contributed by atoms with Gasteiger partial charge in [0, 0.05) is 6.20 Å². The van der Waals surface area contributed by atoms with Gasteiger partial charge in [0.25, 0.3) is 5.91 Å². The first-order valence-corrected chi connectivity index (χ1v) is 6.93. The Hall–Kier alpha value is -2.44. The Morgan fingerprint density at radius 2 is 2.05 bits per heavy atom. The van der Waals surface area contributed by atoms with Crippen LogP contribution in [-0.2, 0) is 4.79 Å². The maximum Gasteiger partial charge on any atom is 0.312 e. The lowest BCUT2D eigenvalue weighted by atomic mass is 9.42. The van der Waals surface area contributed by atoms with Crippen LogP contribution in [0.2, 0.25) is 0 Å². The molecule has 2 heterocycles. The summed E-state index contributed by atoms with van der Waals surface area (Å²) in [6.07, 6.45) is 5.75. The molecule has 1 amide bonds. The van der Waals surface area contributed by atoms with E-state index in [-0.39, 0.29) is 5.91 Å². The number of carboxylic acids is 1. The summed E-state index contributed by atoms with van der Waals surface area (Å²) in [7, 11) is 0.